The molecule has 0 fully saturated rings. The molecule has 1 unspecified atom stereocenters. The molecule has 0 aliphatic carbocycles. The quantitative estimate of drug-likeness (QED) is 0.254. The number of hydrogen-bond donors (Lipinski definition) is 2. The lowest BCUT2D eigenvalue weighted by molar-refractivity contribution is -0.166. The second kappa shape index (κ2) is 13.0. The highest BCUT2D eigenvalue weighted by atomic mass is 16.6. The van der Waals surface area contributed by atoms with Crippen LogP contribution in [0.3, 0.4) is 0 Å². The summed E-state index contributed by atoms with van der Waals surface area (Å²) in [6, 6.07) is 5.50. The van der Waals surface area contributed by atoms with Crippen molar-refractivity contribution >= 4 is 11.9 Å². The normalized spacial score (nSPS) is 11.5. The van der Waals surface area contributed by atoms with Crippen molar-refractivity contribution in [3.8, 4) is 18.1 Å². The third kappa shape index (κ3) is 9.24. The molecule has 1 aromatic rings. The van der Waals surface area contributed by atoms with Gasteiger partial charge in [-0.15, -0.1) is 12.3 Å². The number of aliphatic hydroxyl groups is 1. The average molecular weight is 360 g/mol. The van der Waals surface area contributed by atoms with E-state index >= 15 is 0 Å². The number of carbonyl (C=O) groups excluding carboxylic acids is 2. The van der Waals surface area contributed by atoms with Crippen LogP contribution in [0.15, 0.2) is 24.3 Å². The van der Waals surface area contributed by atoms with Crippen LogP contribution in [0.4, 0.5) is 0 Å². The summed E-state index contributed by atoms with van der Waals surface area (Å²) in [4.78, 5) is 23.4. The molecule has 0 bridgehead atoms. The van der Waals surface area contributed by atoms with Gasteiger partial charge in [0.05, 0.1) is 0 Å². The number of esters is 2. The van der Waals surface area contributed by atoms with Gasteiger partial charge in [0.2, 0.25) is 0 Å². The summed E-state index contributed by atoms with van der Waals surface area (Å²) in [6.45, 7) is 0. The first-order valence-electron chi connectivity index (χ1n) is 9.19. The fraction of sp³-hybridized carbons (Fsp3) is 0.524. The van der Waals surface area contributed by atoms with Crippen molar-refractivity contribution < 1.29 is 24.5 Å². The zero-order chi connectivity index (χ0) is 19.2. The third-order valence-electron chi connectivity index (χ3n) is 4.10. The van der Waals surface area contributed by atoms with E-state index in [4.69, 9.17) is 6.42 Å². The number of phenols is 1. The maximum absolute atomic E-state index is 11.8. The van der Waals surface area contributed by atoms with Gasteiger partial charge in [0, 0.05) is 12.8 Å². The summed E-state index contributed by atoms with van der Waals surface area (Å²) in [5.41, 5.74) is 0.267. The number of unbranched alkanes of at least 4 members (excludes halogenated alkanes) is 8. The lowest BCUT2D eigenvalue weighted by Crippen LogP contribution is -2.19. The molecule has 0 spiro atoms. The number of carbonyl (C=O) groups is 2. The first-order chi connectivity index (χ1) is 12.5. The molecular weight excluding hydrogens is 332 g/mol. The highest BCUT2D eigenvalue weighted by Crippen LogP contribution is 2.18. The maximum atomic E-state index is 11.8. The highest BCUT2D eigenvalue weighted by Gasteiger charge is 2.21. The molecule has 26 heavy (non-hydrogen) atoms. The Morgan fingerprint density at radius 3 is 2.08 bits per heavy atom. The molecule has 1 rings (SSSR count). The molecular formula is C21H28O5. The Hall–Kier alpha value is -2.32. The molecule has 5 nitrogen and oxygen atoms in total. The van der Waals surface area contributed by atoms with Crippen molar-refractivity contribution in [2.24, 2.45) is 0 Å². The molecule has 0 aliphatic heterocycles. The number of rotatable bonds is 12. The molecule has 0 radical (unpaired) electrons. The summed E-state index contributed by atoms with van der Waals surface area (Å²) in [5.74, 6) is 1.05. The van der Waals surface area contributed by atoms with Gasteiger partial charge in [-0.2, -0.15) is 0 Å². The topological polar surface area (TPSA) is 83.8 Å². The lowest BCUT2D eigenvalue weighted by atomic mass is 10.1. The molecule has 0 amide bonds. The van der Waals surface area contributed by atoms with E-state index in [-0.39, 0.29) is 17.7 Å². The molecule has 0 aromatic heterocycles. The predicted molar refractivity (Wildman–Crippen MR) is 99.2 cm³/mol. The predicted octanol–water partition coefficient (Wildman–Crippen LogP) is 4.03. The van der Waals surface area contributed by atoms with Gasteiger partial charge in [0.25, 0.3) is 0 Å². The van der Waals surface area contributed by atoms with Crippen molar-refractivity contribution in [3.63, 3.8) is 0 Å². The Morgan fingerprint density at radius 1 is 0.962 bits per heavy atom. The number of aliphatic hydroxyl groups excluding tert-OH is 1. The van der Waals surface area contributed by atoms with Crippen LogP contribution < -0.4 is 0 Å². The van der Waals surface area contributed by atoms with E-state index in [9.17, 15) is 19.8 Å². The van der Waals surface area contributed by atoms with E-state index in [1.54, 1.807) is 0 Å². The zero-order valence-corrected chi connectivity index (χ0v) is 15.2. The van der Waals surface area contributed by atoms with E-state index in [1.165, 1.54) is 43.5 Å². The van der Waals surface area contributed by atoms with Gasteiger partial charge in [-0.3, -0.25) is 4.79 Å². The summed E-state index contributed by atoms with van der Waals surface area (Å²) in [5, 5.41) is 19.0. The van der Waals surface area contributed by atoms with Gasteiger partial charge in [-0.1, -0.05) is 50.7 Å². The second-order valence-electron chi connectivity index (χ2n) is 6.32. The minimum absolute atomic E-state index is 0.0259. The minimum Gasteiger partial charge on any atom is -0.508 e. The van der Waals surface area contributed by atoms with Crippen molar-refractivity contribution in [1.29, 1.82) is 0 Å². The van der Waals surface area contributed by atoms with E-state index < -0.39 is 18.0 Å². The van der Waals surface area contributed by atoms with Crippen LogP contribution in [0.2, 0.25) is 0 Å². The standard InChI is InChI=1S/C21H28O5/c1-2-3-4-5-6-7-8-9-10-11-12-19(23)26-21(25)20(24)17-13-15-18(22)16-14-17/h1,13-16,20,22,24H,3-12H2. The first-order valence-corrected chi connectivity index (χ1v) is 9.19. The largest absolute Gasteiger partial charge is 0.508 e. The summed E-state index contributed by atoms with van der Waals surface area (Å²) >= 11 is 0. The van der Waals surface area contributed by atoms with Gasteiger partial charge in [0.15, 0.2) is 6.10 Å². The van der Waals surface area contributed by atoms with E-state index in [0.717, 1.165) is 32.1 Å². The number of aromatic hydroxyl groups is 1. The van der Waals surface area contributed by atoms with Gasteiger partial charge in [0.1, 0.15) is 5.75 Å². The van der Waals surface area contributed by atoms with Gasteiger partial charge in [-0.25, -0.2) is 4.79 Å². The SMILES string of the molecule is C#CCCCCCCCCCCC(=O)OC(=O)C(O)c1ccc(O)cc1. The second-order valence-corrected chi connectivity index (χ2v) is 6.32. The van der Waals surface area contributed by atoms with Crippen molar-refractivity contribution in [3.05, 3.63) is 29.8 Å². The van der Waals surface area contributed by atoms with Crippen molar-refractivity contribution in [2.75, 3.05) is 0 Å². The number of ether oxygens (including phenoxy) is 1. The van der Waals surface area contributed by atoms with Gasteiger partial charge < -0.3 is 14.9 Å². The molecule has 0 heterocycles. The van der Waals surface area contributed by atoms with Crippen LogP contribution in [0.25, 0.3) is 0 Å². The Labute approximate surface area is 155 Å². The lowest BCUT2D eigenvalue weighted by Gasteiger charge is -2.10. The Kier molecular flexibility index (Phi) is 10.8. The molecule has 2 N–H and O–H groups in total. The summed E-state index contributed by atoms with van der Waals surface area (Å²) in [7, 11) is 0. The van der Waals surface area contributed by atoms with Crippen molar-refractivity contribution in [2.45, 2.75) is 70.3 Å². The molecule has 0 saturated heterocycles. The van der Waals surface area contributed by atoms with Gasteiger partial charge >= 0.3 is 11.9 Å². The van der Waals surface area contributed by atoms with Crippen LogP contribution >= 0.6 is 0 Å². The Balaban J connectivity index is 2.10. The van der Waals surface area contributed by atoms with Crippen LogP contribution in [0.5, 0.6) is 5.75 Å². The van der Waals surface area contributed by atoms with Crippen LogP contribution in [-0.4, -0.2) is 22.2 Å². The number of hydrogen-bond acceptors (Lipinski definition) is 5. The zero-order valence-electron chi connectivity index (χ0n) is 15.2. The number of phenolic OH excluding ortho intramolecular Hbond substituents is 1. The Bertz CT molecular complexity index is 585. The van der Waals surface area contributed by atoms with Gasteiger partial charge in [-0.05, 0) is 30.5 Å². The van der Waals surface area contributed by atoms with E-state index in [1.807, 2.05) is 0 Å². The summed E-state index contributed by atoms with van der Waals surface area (Å²) < 4.78 is 4.67. The number of benzene rings is 1. The van der Waals surface area contributed by atoms with Crippen molar-refractivity contribution in [1.82, 2.24) is 0 Å². The molecule has 5 heteroatoms. The Morgan fingerprint density at radius 2 is 1.50 bits per heavy atom. The monoisotopic (exact) mass is 360 g/mol. The van der Waals surface area contributed by atoms with Crippen LogP contribution in [0.1, 0.15) is 75.9 Å². The third-order valence-corrected chi connectivity index (χ3v) is 4.10. The fourth-order valence-corrected chi connectivity index (χ4v) is 2.57. The van der Waals surface area contributed by atoms with Crippen LogP contribution in [-0.2, 0) is 14.3 Å². The minimum atomic E-state index is -1.53. The fourth-order valence-electron chi connectivity index (χ4n) is 2.57. The highest BCUT2D eigenvalue weighted by molar-refractivity contribution is 5.88. The molecule has 1 aromatic carbocycles. The average Bonchev–Trinajstić information content (AvgIpc) is 2.63. The van der Waals surface area contributed by atoms with Crippen LogP contribution in [0, 0.1) is 12.3 Å². The molecule has 142 valence electrons. The maximum Gasteiger partial charge on any atom is 0.347 e. The van der Waals surface area contributed by atoms with E-state index in [2.05, 4.69) is 10.7 Å². The molecule has 0 saturated carbocycles. The molecule has 0 aliphatic rings. The summed E-state index contributed by atoms with van der Waals surface area (Å²) in [6.07, 6.45) is 13.0. The van der Waals surface area contributed by atoms with E-state index in [0.29, 0.717) is 6.42 Å². The smallest absolute Gasteiger partial charge is 0.347 e. The first kappa shape index (κ1) is 21.7. The molecule has 1 atom stereocenters. The number of terminal acetylenes is 1.